The molecule has 1 aliphatic rings. The molecular formula is C7H13NO3. The van der Waals surface area contributed by atoms with Gasteiger partial charge >= 0.3 is 5.97 Å². The van der Waals surface area contributed by atoms with Crippen LogP contribution in [0.5, 0.6) is 0 Å². The van der Waals surface area contributed by atoms with Gasteiger partial charge in [0.1, 0.15) is 0 Å². The standard InChI is InChI=1S/C7H13NO3/c1-8-4-2-7(11,3-5-8)6(9)10/h11H,2-5H2,1H3,(H,9,10). The van der Waals surface area contributed by atoms with Crippen LogP contribution in [0.25, 0.3) is 0 Å². The second-order valence-electron chi connectivity index (χ2n) is 3.14. The average Bonchev–Trinajstić information content (AvgIpc) is 1.95. The number of aliphatic carboxylic acids is 1. The molecule has 0 aromatic carbocycles. The summed E-state index contributed by atoms with van der Waals surface area (Å²) >= 11 is 0. The third kappa shape index (κ3) is 1.70. The first-order chi connectivity index (χ1) is 5.04. The summed E-state index contributed by atoms with van der Waals surface area (Å²) in [6, 6.07) is 0. The summed E-state index contributed by atoms with van der Waals surface area (Å²) in [5.41, 5.74) is -1.47. The highest BCUT2D eigenvalue weighted by Gasteiger charge is 2.38. The monoisotopic (exact) mass is 159 g/mol. The maximum Gasteiger partial charge on any atom is 0.335 e. The molecular weight excluding hydrogens is 146 g/mol. The summed E-state index contributed by atoms with van der Waals surface area (Å²) in [5.74, 6) is -1.09. The Kier molecular flexibility index (Phi) is 2.15. The third-order valence-corrected chi connectivity index (χ3v) is 2.21. The first-order valence-corrected chi connectivity index (χ1v) is 3.69. The van der Waals surface area contributed by atoms with E-state index in [1.54, 1.807) is 0 Å². The lowest BCUT2D eigenvalue weighted by Crippen LogP contribution is -2.48. The third-order valence-electron chi connectivity index (χ3n) is 2.21. The van der Waals surface area contributed by atoms with E-state index in [1.807, 2.05) is 11.9 Å². The predicted octanol–water partition coefficient (Wildman–Crippen LogP) is -0.472. The Morgan fingerprint density at radius 3 is 2.27 bits per heavy atom. The summed E-state index contributed by atoms with van der Waals surface area (Å²) in [6.07, 6.45) is 0.664. The molecule has 0 radical (unpaired) electrons. The number of nitrogens with zero attached hydrogens (tertiary/aromatic N) is 1. The van der Waals surface area contributed by atoms with Gasteiger partial charge in [-0.05, 0) is 19.9 Å². The molecule has 11 heavy (non-hydrogen) atoms. The van der Waals surface area contributed by atoms with Gasteiger partial charge in [0.15, 0.2) is 5.60 Å². The summed E-state index contributed by atoms with van der Waals surface area (Å²) in [5, 5.41) is 18.1. The fourth-order valence-corrected chi connectivity index (χ4v) is 1.20. The van der Waals surface area contributed by atoms with Gasteiger partial charge in [0.2, 0.25) is 0 Å². The average molecular weight is 159 g/mol. The summed E-state index contributed by atoms with van der Waals surface area (Å²) < 4.78 is 0. The molecule has 1 heterocycles. The molecule has 0 aromatic rings. The topological polar surface area (TPSA) is 60.8 Å². The summed E-state index contributed by atoms with van der Waals surface area (Å²) in [4.78, 5) is 12.5. The lowest BCUT2D eigenvalue weighted by Gasteiger charge is -2.32. The SMILES string of the molecule is CN1CCC(O)(C(=O)O)CC1. The molecule has 0 aromatic heterocycles. The fourth-order valence-electron chi connectivity index (χ4n) is 1.20. The van der Waals surface area contributed by atoms with E-state index in [0.29, 0.717) is 25.9 Å². The molecule has 4 nitrogen and oxygen atoms in total. The molecule has 4 heteroatoms. The van der Waals surface area contributed by atoms with Crippen LogP contribution < -0.4 is 0 Å². The van der Waals surface area contributed by atoms with Crippen LogP contribution in [0.2, 0.25) is 0 Å². The second kappa shape index (κ2) is 2.79. The highest BCUT2D eigenvalue weighted by Crippen LogP contribution is 2.20. The number of carboxylic acid groups (broad SMARTS) is 1. The van der Waals surface area contributed by atoms with E-state index in [9.17, 15) is 9.90 Å². The number of hydrogen-bond donors (Lipinski definition) is 2. The molecule has 0 amide bonds. The highest BCUT2D eigenvalue weighted by molar-refractivity contribution is 5.77. The molecule has 2 N–H and O–H groups in total. The molecule has 0 unspecified atom stereocenters. The Morgan fingerprint density at radius 1 is 1.45 bits per heavy atom. The van der Waals surface area contributed by atoms with Gasteiger partial charge in [-0.2, -0.15) is 0 Å². The van der Waals surface area contributed by atoms with Gasteiger partial charge in [0, 0.05) is 13.1 Å². The van der Waals surface area contributed by atoms with Crippen LogP contribution in [0.4, 0.5) is 0 Å². The molecule has 0 atom stereocenters. The minimum absolute atomic E-state index is 0.332. The predicted molar refractivity (Wildman–Crippen MR) is 39.3 cm³/mol. The number of aliphatic hydroxyl groups is 1. The van der Waals surface area contributed by atoms with E-state index in [4.69, 9.17) is 5.11 Å². The zero-order chi connectivity index (χ0) is 8.48. The van der Waals surface area contributed by atoms with Crippen LogP contribution in [-0.2, 0) is 4.79 Å². The van der Waals surface area contributed by atoms with Crippen molar-refractivity contribution in [2.75, 3.05) is 20.1 Å². The van der Waals surface area contributed by atoms with Crippen LogP contribution >= 0.6 is 0 Å². The van der Waals surface area contributed by atoms with Gasteiger partial charge in [0.25, 0.3) is 0 Å². The van der Waals surface area contributed by atoms with Crippen LogP contribution in [0.3, 0.4) is 0 Å². The van der Waals surface area contributed by atoms with Crippen molar-refractivity contribution >= 4 is 5.97 Å². The summed E-state index contributed by atoms with van der Waals surface area (Å²) in [6.45, 7) is 1.31. The number of carboxylic acids is 1. The molecule has 0 saturated carbocycles. The molecule has 1 aliphatic heterocycles. The van der Waals surface area contributed by atoms with Gasteiger partial charge in [-0.1, -0.05) is 0 Å². The Balaban J connectivity index is 2.55. The van der Waals surface area contributed by atoms with Crippen molar-refractivity contribution in [2.24, 2.45) is 0 Å². The van der Waals surface area contributed by atoms with Crippen molar-refractivity contribution in [1.29, 1.82) is 0 Å². The molecule has 64 valence electrons. The smallest absolute Gasteiger partial charge is 0.335 e. The maximum atomic E-state index is 10.5. The zero-order valence-corrected chi connectivity index (χ0v) is 6.58. The normalized spacial score (nSPS) is 24.9. The lowest BCUT2D eigenvalue weighted by molar-refractivity contribution is -0.163. The van der Waals surface area contributed by atoms with E-state index in [0.717, 1.165) is 0 Å². The van der Waals surface area contributed by atoms with Crippen molar-refractivity contribution in [1.82, 2.24) is 4.90 Å². The molecule has 1 rings (SSSR count). The van der Waals surface area contributed by atoms with E-state index in [2.05, 4.69) is 0 Å². The second-order valence-corrected chi connectivity index (χ2v) is 3.14. The van der Waals surface area contributed by atoms with Gasteiger partial charge in [-0.3, -0.25) is 0 Å². The number of rotatable bonds is 1. The van der Waals surface area contributed by atoms with Crippen LogP contribution in [-0.4, -0.2) is 46.8 Å². The van der Waals surface area contributed by atoms with Crippen molar-refractivity contribution in [3.05, 3.63) is 0 Å². The number of hydrogen-bond acceptors (Lipinski definition) is 3. The zero-order valence-electron chi connectivity index (χ0n) is 6.58. The van der Waals surface area contributed by atoms with E-state index in [-0.39, 0.29) is 0 Å². The van der Waals surface area contributed by atoms with Gasteiger partial charge in [-0.25, -0.2) is 4.79 Å². The molecule has 0 aliphatic carbocycles. The van der Waals surface area contributed by atoms with Crippen LogP contribution in [0.1, 0.15) is 12.8 Å². The van der Waals surface area contributed by atoms with Crippen molar-refractivity contribution in [3.63, 3.8) is 0 Å². The minimum Gasteiger partial charge on any atom is -0.479 e. The Hall–Kier alpha value is -0.610. The largest absolute Gasteiger partial charge is 0.479 e. The maximum absolute atomic E-state index is 10.5. The van der Waals surface area contributed by atoms with E-state index >= 15 is 0 Å². The number of piperidine rings is 1. The Morgan fingerprint density at radius 2 is 1.91 bits per heavy atom. The van der Waals surface area contributed by atoms with E-state index < -0.39 is 11.6 Å². The summed E-state index contributed by atoms with van der Waals surface area (Å²) in [7, 11) is 1.92. The van der Waals surface area contributed by atoms with Crippen LogP contribution in [0, 0.1) is 0 Å². The fraction of sp³-hybridized carbons (Fsp3) is 0.857. The molecule has 0 spiro atoms. The number of likely N-dealkylation sites (tertiary alicyclic amines) is 1. The van der Waals surface area contributed by atoms with Crippen LogP contribution in [0.15, 0.2) is 0 Å². The van der Waals surface area contributed by atoms with Gasteiger partial charge in [-0.15, -0.1) is 0 Å². The van der Waals surface area contributed by atoms with Crippen molar-refractivity contribution in [2.45, 2.75) is 18.4 Å². The first kappa shape index (κ1) is 8.49. The Labute approximate surface area is 65.4 Å². The Bertz CT molecular complexity index is 161. The minimum atomic E-state index is -1.47. The first-order valence-electron chi connectivity index (χ1n) is 3.69. The molecule has 0 bridgehead atoms. The number of carbonyl (C=O) groups is 1. The molecule has 1 saturated heterocycles. The van der Waals surface area contributed by atoms with Crippen molar-refractivity contribution < 1.29 is 15.0 Å². The quantitative estimate of drug-likeness (QED) is 0.543. The highest BCUT2D eigenvalue weighted by atomic mass is 16.4. The van der Waals surface area contributed by atoms with E-state index in [1.165, 1.54) is 0 Å². The lowest BCUT2D eigenvalue weighted by atomic mass is 9.92. The van der Waals surface area contributed by atoms with Gasteiger partial charge < -0.3 is 15.1 Å². The van der Waals surface area contributed by atoms with Gasteiger partial charge in [0.05, 0.1) is 0 Å². The molecule has 1 fully saturated rings. The van der Waals surface area contributed by atoms with Crippen molar-refractivity contribution in [3.8, 4) is 0 Å².